The molecule has 7 heteroatoms. The number of piperazine rings is 1. The minimum atomic E-state index is -0.506. The van der Waals surface area contributed by atoms with Crippen LogP contribution in [0.3, 0.4) is 0 Å². The van der Waals surface area contributed by atoms with Gasteiger partial charge in [-0.15, -0.1) is 0 Å². The predicted molar refractivity (Wildman–Crippen MR) is 113 cm³/mol. The van der Waals surface area contributed by atoms with Crippen LogP contribution in [0.2, 0.25) is 0 Å². The van der Waals surface area contributed by atoms with E-state index < -0.39 is 12.1 Å². The van der Waals surface area contributed by atoms with Crippen molar-refractivity contribution in [3.8, 4) is 0 Å². The van der Waals surface area contributed by atoms with E-state index in [4.69, 9.17) is 4.74 Å². The minimum Gasteiger partial charge on any atom is -0.445 e. The molecule has 2 aliphatic heterocycles. The quantitative estimate of drug-likeness (QED) is 0.770. The number of β-amino-alcohol motifs (C(OH)–C–C–N with tert-alkyl or cyclic N) is 1. The molecular weight excluding hydrogens is 382 g/mol. The Hall–Kier alpha value is -2.12. The largest absolute Gasteiger partial charge is 0.445 e. The molecule has 1 aromatic carbocycles. The fourth-order valence-electron chi connectivity index (χ4n) is 4.71. The van der Waals surface area contributed by atoms with Gasteiger partial charge in [0.15, 0.2) is 0 Å². The van der Waals surface area contributed by atoms with Crippen LogP contribution in [0.25, 0.3) is 0 Å². The van der Waals surface area contributed by atoms with Crippen LogP contribution in [0.1, 0.15) is 38.2 Å². The number of likely N-dealkylation sites (tertiary alicyclic amines) is 1. The number of amides is 2. The summed E-state index contributed by atoms with van der Waals surface area (Å²) in [5.41, 5.74) is 1.16. The molecule has 0 aromatic heterocycles. The lowest BCUT2D eigenvalue weighted by atomic mass is 9.90. The van der Waals surface area contributed by atoms with Crippen LogP contribution in [0.4, 0.5) is 4.79 Å². The smallest absolute Gasteiger partial charge is 0.410 e. The molecule has 1 aliphatic carbocycles. The first-order chi connectivity index (χ1) is 14.5. The summed E-state index contributed by atoms with van der Waals surface area (Å²) in [5.74, 6) is -0.0199. The standard InChI is InChI=1S/C23H33N3O4/c1-18-21(28)25(12-5-11-24-13-10-23(8-9-23)20(27)16-24)14-15-26(18)22(29)30-17-19-6-3-2-4-7-19/h2-4,6-7,18,20,27H,5,8-17H2,1H3/t18-,20+/m0/s1. The molecule has 1 N–H and O–H groups in total. The molecule has 3 aliphatic rings. The van der Waals surface area contributed by atoms with Gasteiger partial charge in [-0.1, -0.05) is 30.3 Å². The topological polar surface area (TPSA) is 73.3 Å². The van der Waals surface area contributed by atoms with Gasteiger partial charge in [-0.05, 0) is 56.7 Å². The number of carbonyl (C=O) groups is 2. The Morgan fingerprint density at radius 1 is 1.13 bits per heavy atom. The van der Waals surface area contributed by atoms with E-state index in [1.807, 2.05) is 35.2 Å². The second kappa shape index (κ2) is 8.94. The van der Waals surface area contributed by atoms with E-state index in [0.29, 0.717) is 19.6 Å². The van der Waals surface area contributed by atoms with Crippen molar-refractivity contribution in [2.24, 2.45) is 5.41 Å². The fraction of sp³-hybridized carbons (Fsp3) is 0.652. The molecule has 30 heavy (non-hydrogen) atoms. The minimum absolute atomic E-state index is 0.0199. The van der Waals surface area contributed by atoms with Crippen molar-refractivity contribution in [3.63, 3.8) is 0 Å². The highest BCUT2D eigenvalue weighted by molar-refractivity contribution is 5.86. The van der Waals surface area contributed by atoms with Gasteiger partial charge in [0.05, 0.1) is 6.10 Å². The van der Waals surface area contributed by atoms with E-state index in [2.05, 4.69) is 4.90 Å². The molecule has 1 spiro atoms. The lowest BCUT2D eigenvalue weighted by Gasteiger charge is -2.39. The Kier molecular flexibility index (Phi) is 6.29. The first-order valence-electron chi connectivity index (χ1n) is 11.1. The lowest BCUT2D eigenvalue weighted by Crippen LogP contribution is -2.58. The summed E-state index contributed by atoms with van der Waals surface area (Å²) in [6, 6.07) is 9.04. The summed E-state index contributed by atoms with van der Waals surface area (Å²) in [7, 11) is 0. The monoisotopic (exact) mass is 415 g/mol. The Bertz CT molecular complexity index is 752. The predicted octanol–water partition coefficient (Wildman–Crippen LogP) is 2.09. The summed E-state index contributed by atoms with van der Waals surface area (Å²) in [6.45, 7) is 6.40. The van der Waals surface area contributed by atoms with Crippen molar-refractivity contribution in [1.29, 1.82) is 0 Å². The SMILES string of the molecule is C[C@H]1C(=O)N(CCCN2CCC3(CC3)[C@H](O)C2)CCN1C(=O)OCc1ccccc1. The third kappa shape index (κ3) is 4.62. The van der Waals surface area contributed by atoms with Crippen molar-refractivity contribution in [2.45, 2.75) is 51.4 Å². The number of aliphatic hydroxyl groups is 1. The fourth-order valence-corrected chi connectivity index (χ4v) is 4.71. The Labute approximate surface area is 178 Å². The summed E-state index contributed by atoms with van der Waals surface area (Å²) in [5, 5.41) is 10.3. The van der Waals surface area contributed by atoms with Gasteiger partial charge in [0.25, 0.3) is 0 Å². The molecule has 3 fully saturated rings. The first-order valence-corrected chi connectivity index (χ1v) is 11.1. The molecule has 0 unspecified atom stereocenters. The van der Waals surface area contributed by atoms with Crippen LogP contribution in [0.5, 0.6) is 0 Å². The number of aliphatic hydroxyl groups excluding tert-OH is 1. The van der Waals surface area contributed by atoms with Crippen molar-refractivity contribution in [3.05, 3.63) is 35.9 Å². The van der Waals surface area contributed by atoms with Crippen LogP contribution < -0.4 is 0 Å². The molecule has 2 amide bonds. The van der Waals surface area contributed by atoms with Gasteiger partial charge >= 0.3 is 6.09 Å². The molecule has 7 nitrogen and oxygen atoms in total. The number of nitrogens with zero attached hydrogens (tertiary/aromatic N) is 3. The van der Waals surface area contributed by atoms with Crippen molar-refractivity contribution in [1.82, 2.24) is 14.7 Å². The van der Waals surface area contributed by atoms with Crippen LogP contribution in [0, 0.1) is 5.41 Å². The molecule has 0 bridgehead atoms. The van der Waals surface area contributed by atoms with Crippen LogP contribution in [-0.2, 0) is 16.1 Å². The molecule has 1 saturated carbocycles. The summed E-state index contributed by atoms with van der Waals surface area (Å²) < 4.78 is 5.40. The maximum absolute atomic E-state index is 12.8. The van der Waals surface area contributed by atoms with E-state index in [-0.39, 0.29) is 24.0 Å². The molecule has 4 rings (SSSR count). The van der Waals surface area contributed by atoms with Gasteiger partial charge in [-0.3, -0.25) is 9.69 Å². The van der Waals surface area contributed by atoms with E-state index >= 15 is 0 Å². The summed E-state index contributed by atoms with van der Waals surface area (Å²) in [6.07, 6.45) is 3.69. The second-order valence-corrected chi connectivity index (χ2v) is 9.02. The van der Waals surface area contributed by atoms with Crippen molar-refractivity contribution in [2.75, 3.05) is 39.3 Å². The van der Waals surface area contributed by atoms with Gasteiger partial charge in [0, 0.05) is 26.2 Å². The lowest BCUT2D eigenvalue weighted by molar-refractivity contribution is -0.140. The van der Waals surface area contributed by atoms with E-state index in [1.165, 1.54) is 17.7 Å². The molecule has 164 valence electrons. The third-order valence-corrected chi connectivity index (χ3v) is 7.05. The molecule has 2 heterocycles. The number of carbonyl (C=O) groups excluding carboxylic acids is 2. The number of benzene rings is 1. The number of hydrogen-bond donors (Lipinski definition) is 1. The summed E-state index contributed by atoms with van der Waals surface area (Å²) >= 11 is 0. The zero-order valence-electron chi connectivity index (χ0n) is 17.8. The molecule has 2 atom stereocenters. The van der Waals surface area contributed by atoms with E-state index in [0.717, 1.165) is 38.0 Å². The number of hydrogen-bond acceptors (Lipinski definition) is 5. The van der Waals surface area contributed by atoms with Gasteiger partial charge < -0.3 is 19.6 Å². The van der Waals surface area contributed by atoms with Crippen LogP contribution >= 0.6 is 0 Å². The highest BCUT2D eigenvalue weighted by Gasteiger charge is 2.51. The van der Waals surface area contributed by atoms with Crippen LogP contribution in [0.15, 0.2) is 30.3 Å². The average molecular weight is 416 g/mol. The molecular formula is C23H33N3O4. The van der Waals surface area contributed by atoms with Gasteiger partial charge in [-0.25, -0.2) is 4.79 Å². The van der Waals surface area contributed by atoms with Gasteiger partial charge in [-0.2, -0.15) is 0 Å². The zero-order valence-corrected chi connectivity index (χ0v) is 17.8. The van der Waals surface area contributed by atoms with Crippen LogP contribution in [-0.4, -0.2) is 83.2 Å². The van der Waals surface area contributed by atoms with E-state index in [1.54, 1.807) is 6.92 Å². The van der Waals surface area contributed by atoms with Gasteiger partial charge in [0.2, 0.25) is 5.91 Å². The Balaban J connectivity index is 1.19. The van der Waals surface area contributed by atoms with E-state index in [9.17, 15) is 14.7 Å². The number of ether oxygens (including phenoxy) is 1. The normalized spacial score (nSPS) is 26.1. The Morgan fingerprint density at radius 2 is 1.90 bits per heavy atom. The highest BCUT2D eigenvalue weighted by Crippen LogP contribution is 2.53. The number of piperidine rings is 1. The third-order valence-electron chi connectivity index (χ3n) is 7.05. The van der Waals surface area contributed by atoms with Gasteiger partial charge in [0.1, 0.15) is 12.6 Å². The maximum atomic E-state index is 12.8. The Morgan fingerprint density at radius 3 is 2.60 bits per heavy atom. The second-order valence-electron chi connectivity index (χ2n) is 9.02. The zero-order chi connectivity index (χ0) is 21.1. The average Bonchev–Trinajstić information content (AvgIpc) is 3.54. The summed E-state index contributed by atoms with van der Waals surface area (Å²) in [4.78, 5) is 30.9. The van der Waals surface area contributed by atoms with Crippen molar-refractivity contribution < 1.29 is 19.4 Å². The molecule has 2 saturated heterocycles. The highest BCUT2D eigenvalue weighted by atomic mass is 16.6. The van der Waals surface area contributed by atoms with Crippen molar-refractivity contribution >= 4 is 12.0 Å². The first kappa shape index (κ1) is 21.1. The maximum Gasteiger partial charge on any atom is 0.410 e. The molecule has 0 radical (unpaired) electrons. The number of rotatable bonds is 6. The molecule has 1 aromatic rings.